The van der Waals surface area contributed by atoms with E-state index in [0.29, 0.717) is 12.2 Å². The zero-order valence-corrected chi connectivity index (χ0v) is 12.8. The van der Waals surface area contributed by atoms with E-state index >= 15 is 0 Å². The van der Waals surface area contributed by atoms with E-state index in [9.17, 15) is 4.79 Å². The fourth-order valence-corrected chi connectivity index (χ4v) is 2.73. The summed E-state index contributed by atoms with van der Waals surface area (Å²) in [7, 11) is 0. The molecule has 4 nitrogen and oxygen atoms in total. The maximum atomic E-state index is 11.4. The topological polar surface area (TPSA) is 53.2 Å². The molecule has 3 N–H and O–H groups in total. The molecule has 0 fully saturated rings. The molecule has 3 rings (SSSR count). The normalized spacial score (nSPS) is 12.5. The summed E-state index contributed by atoms with van der Waals surface area (Å²) in [6.07, 6.45) is 0.432. The van der Waals surface area contributed by atoms with Gasteiger partial charge in [-0.15, -0.1) is 0 Å². The molecule has 0 saturated carbocycles. The maximum absolute atomic E-state index is 11.4. The molecule has 1 heterocycles. The molecule has 0 aromatic heterocycles. The van der Waals surface area contributed by atoms with Gasteiger partial charge in [0.05, 0.1) is 6.42 Å². The van der Waals surface area contributed by atoms with Gasteiger partial charge in [-0.3, -0.25) is 4.79 Å². The summed E-state index contributed by atoms with van der Waals surface area (Å²) in [4.78, 5) is 11.4. The Kier molecular flexibility index (Phi) is 3.59. The lowest BCUT2D eigenvalue weighted by atomic mass is 10.1. The van der Waals surface area contributed by atoms with E-state index in [1.54, 1.807) is 0 Å². The number of anilines is 3. The molecular weight excluding hydrogens is 274 g/mol. The van der Waals surface area contributed by atoms with Crippen molar-refractivity contribution in [3.8, 4) is 0 Å². The highest BCUT2D eigenvalue weighted by Gasteiger charge is 2.17. The summed E-state index contributed by atoms with van der Waals surface area (Å²) < 4.78 is 0. The number of nitrogens with one attached hydrogen (secondary N) is 3. The smallest absolute Gasteiger partial charge is 0.228 e. The van der Waals surface area contributed by atoms with Crippen molar-refractivity contribution in [2.24, 2.45) is 0 Å². The Morgan fingerprint density at radius 1 is 1.05 bits per heavy atom. The predicted octanol–water partition coefficient (Wildman–Crippen LogP) is 3.79. The van der Waals surface area contributed by atoms with Gasteiger partial charge in [-0.2, -0.15) is 0 Å². The first-order chi connectivity index (χ1) is 10.5. The Morgan fingerprint density at radius 3 is 2.45 bits per heavy atom. The Labute approximate surface area is 130 Å². The third-order valence-corrected chi connectivity index (χ3v) is 3.54. The van der Waals surface area contributed by atoms with Gasteiger partial charge in [0.25, 0.3) is 0 Å². The van der Waals surface area contributed by atoms with Gasteiger partial charge < -0.3 is 16.0 Å². The van der Waals surface area contributed by atoms with Gasteiger partial charge in [0, 0.05) is 17.1 Å². The van der Waals surface area contributed by atoms with E-state index in [0.717, 1.165) is 22.6 Å². The second kappa shape index (κ2) is 5.56. The van der Waals surface area contributed by atoms with Crippen LogP contribution in [0.2, 0.25) is 0 Å². The van der Waals surface area contributed by atoms with E-state index in [1.807, 2.05) is 18.2 Å². The molecular formula is C18H19N3O. The number of hydrogen-bond donors (Lipinski definition) is 3. The van der Waals surface area contributed by atoms with Crippen molar-refractivity contribution in [2.75, 3.05) is 16.0 Å². The molecule has 0 radical (unpaired) electrons. The van der Waals surface area contributed by atoms with Crippen molar-refractivity contribution in [3.05, 3.63) is 65.5 Å². The predicted molar refractivity (Wildman–Crippen MR) is 91.1 cm³/mol. The van der Waals surface area contributed by atoms with Crippen LogP contribution >= 0.6 is 0 Å². The molecule has 0 atom stereocenters. The minimum atomic E-state index is 0.0411. The fraction of sp³-hybridized carbons (Fsp3) is 0.167. The second-order valence-corrected chi connectivity index (χ2v) is 5.70. The summed E-state index contributed by atoms with van der Waals surface area (Å²) >= 11 is 0. The summed E-state index contributed by atoms with van der Waals surface area (Å²) in [6, 6.07) is 12.1. The molecule has 1 amide bonds. The highest BCUT2D eigenvalue weighted by Crippen LogP contribution is 2.26. The van der Waals surface area contributed by atoms with Gasteiger partial charge in [-0.1, -0.05) is 12.6 Å². The molecule has 0 unspecified atom stereocenters. The molecule has 0 saturated heterocycles. The van der Waals surface area contributed by atoms with E-state index < -0.39 is 0 Å². The Bertz CT molecular complexity index is 745. The maximum Gasteiger partial charge on any atom is 0.228 e. The van der Waals surface area contributed by atoms with Crippen LogP contribution in [0, 0.1) is 13.8 Å². The average molecular weight is 293 g/mol. The lowest BCUT2D eigenvalue weighted by molar-refractivity contribution is -0.115. The number of amides is 1. The highest BCUT2D eigenvalue weighted by molar-refractivity contribution is 5.99. The third-order valence-electron chi connectivity index (χ3n) is 3.54. The van der Waals surface area contributed by atoms with Crippen LogP contribution in [0.1, 0.15) is 16.7 Å². The van der Waals surface area contributed by atoms with E-state index in [1.165, 1.54) is 11.1 Å². The summed E-state index contributed by atoms with van der Waals surface area (Å²) in [6.45, 7) is 8.14. The molecule has 2 aromatic rings. The Balaban J connectivity index is 1.69. The lowest BCUT2D eigenvalue weighted by Crippen LogP contribution is -2.08. The number of aryl methyl sites for hydroxylation is 2. The first kappa shape index (κ1) is 14.2. The number of benzene rings is 2. The highest BCUT2D eigenvalue weighted by atomic mass is 16.1. The number of rotatable bonds is 4. The van der Waals surface area contributed by atoms with E-state index in [2.05, 4.69) is 54.6 Å². The number of fused-ring (bicyclic) bond motifs is 1. The van der Waals surface area contributed by atoms with E-state index in [4.69, 9.17) is 0 Å². The SMILES string of the molecule is C=C(Nc1cc(C)cc(C)c1)Nc1ccc2c(c1)CC(=O)N2. The van der Waals surface area contributed by atoms with Gasteiger partial charge in [-0.25, -0.2) is 0 Å². The fourth-order valence-electron chi connectivity index (χ4n) is 2.73. The summed E-state index contributed by atoms with van der Waals surface area (Å²) in [5.74, 6) is 0.738. The van der Waals surface area contributed by atoms with Crippen LogP contribution in [0.15, 0.2) is 48.8 Å². The van der Waals surface area contributed by atoms with Crippen molar-refractivity contribution in [2.45, 2.75) is 20.3 Å². The van der Waals surface area contributed by atoms with Crippen LogP contribution in [-0.2, 0) is 11.2 Å². The first-order valence-electron chi connectivity index (χ1n) is 7.23. The summed E-state index contributed by atoms with van der Waals surface area (Å²) in [5, 5.41) is 9.32. The largest absolute Gasteiger partial charge is 0.342 e. The van der Waals surface area contributed by atoms with Crippen molar-refractivity contribution < 1.29 is 4.79 Å². The van der Waals surface area contributed by atoms with Gasteiger partial charge in [0.1, 0.15) is 5.82 Å². The molecule has 4 heteroatoms. The molecule has 112 valence electrons. The quantitative estimate of drug-likeness (QED) is 0.804. The standard InChI is InChI=1S/C18H19N3O/c1-11-6-12(2)8-16(7-11)20-13(3)19-15-4-5-17-14(9-15)10-18(22)21-17/h4-9,19-20H,3,10H2,1-2H3,(H,21,22). The zero-order valence-electron chi connectivity index (χ0n) is 12.8. The number of hydrogen-bond acceptors (Lipinski definition) is 3. The molecule has 2 aromatic carbocycles. The van der Waals surface area contributed by atoms with Crippen molar-refractivity contribution in [1.29, 1.82) is 0 Å². The van der Waals surface area contributed by atoms with Crippen LogP contribution in [0.4, 0.5) is 17.1 Å². The van der Waals surface area contributed by atoms with Gasteiger partial charge in [0.15, 0.2) is 0 Å². The average Bonchev–Trinajstić information content (AvgIpc) is 2.76. The van der Waals surface area contributed by atoms with Crippen LogP contribution in [0.25, 0.3) is 0 Å². The number of carbonyl (C=O) groups is 1. The van der Waals surface area contributed by atoms with E-state index in [-0.39, 0.29) is 5.91 Å². The Hall–Kier alpha value is -2.75. The lowest BCUT2D eigenvalue weighted by Gasteiger charge is -2.14. The van der Waals surface area contributed by atoms with Crippen molar-refractivity contribution in [3.63, 3.8) is 0 Å². The van der Waals surface area contributed by atoms with Crippen LogP contribution in [-0.4, -0.2) is 5.91 Å². The second-order valence-electron chi connectivity index (χ2n) is 5.70. The summed E-state index contributed by atoms with van der Waals surface area (Å²) in [5.41, 5.74) is 6.23. The molecule has 1 aliphatic heterocycles. The van der Waals surface area contributed by atoms with Crippen LogP contribution in [0.5, 0.6) is 0 Å². The third kappa shape index (κ3) is 3.11. The zero-order chi connectivity index (χ0) is 15.7. The molecule has 1 aliphatic rings. The minimum Gasteiger partial charge on any atom is -0.342 e. The monoisotopic (exact) mass is 293 g/mol. The van der Waals surface area contributed by atoms with Gasteiger partial charge >= 0.3 is 0 Å². The molecule has 0 bridgehead atoms. The van der Waals surface area contributed by atoms with Gasteiger partial charge in [0.2, 0.25) is 5.91 Å². The van der Waals surface area contributed by atoms with Crippen molar-refractivity contribution in [1.82, 2.24) is 0 Å². The van der Waals surface area contributed by atoms with Crippen molar-refractivity contribution >= 4 is 23.0 Å². The Morgan fingerprint density at radius 2 is 1.73 bits per heavy atom. The first-order valence-corrected chi connectivity index (χ1v) is 7.23. The van der Waals surface area contributed by atoms with Crippen LogP contribution in [0.3, 0.4) is 0 Å². The number of carbonyl (C=O) groups excluding carboxylic acids is 1. The minimum absolute atomic E-state index is 0.0411. The molecule has 0 aliphatic carbocycles. The molecule has 0 spiro atoms. The van der Waals surface area contributed by atoms with Gasteiger partial charge in [-0.05, 0) is 60.9 Å². The molecule has 22 heavy (non-hydrogen) atoms. The van der Waals surface area contributed by atoms with Crippen LogP contribution < -0.4 is 16.0 Å².